The van der Waals surface area contributed by atoms with Gasteiger partial charge in [-0.05, 0) is 53.9 Å². The number of hydrogen-bond acceptors (Lipinski definition) is 5. The van der Waals surface area contributed by atoms with Crippen LogP contribution in [0.25, 0.3) is 10.9 Å². The average molecular weight is 480 g/mol. The van der Waals surface area contributed by atoms with Crippen molar-refractivity contribution >= 4 is 32.5 Å². The van der Waals surface area contributed by atoms with Crippen molar-refractivity contribution in [3.8, 4) is 0 Å². The van der Waals surface area contributed by atoms with Crippen LogP contribution in [0.3, 0.4) is 0 Å². The maximum Gasteiger partial charge on any atom is 0.264 e. The van der Waals surface area contributed by atoms with Gasteiger partial charge in [-0.25, -0.2) is 8.42 Å². The fourth-order valence-electron chi connectivity index (χ4n) is 3.57. The number of aromatic nitrogens is 1. The molecule has 2 heterocycles. The van der Waals surface area contributed by atoms with E-state index >= 15 is 0 Å². The lowest BCUT2D eigenvalue weighted by atomic mass is 10.0. The lowest BCUT2D eigenvalue weighted by molar-refractivity contribution is 0.0947. The van der Waals surface area contributed by atoms with E-state index in [0.29, 0.717) is 22.9 Å². The number of sulfonamides is 1. The lowest BCUT2D eigenvalue weighted by Gasteiger charge is -2.20. The van der Waals surface area contributed by atoms with Gasteiger partial charge >= 0.3 is 0 Å². The number of furan rings is 1. The van der Waals surface area contributed by atoms with E-state index in [9.17, 15) is 18.0 Å². The summed E-state index contributed by atoms with van der Waals surface area (Å²) in [6.07, 6.45) is 2.81. The quantitative estimate of drug-likeness (QED) is 0.416. The number of fused-ring (bicyclic) bond motifs is 1. The number of carbonyl (C=O) groups excluding carboxylic acids is 1. The van der Waals surface area contributed by atoms with Crippen LogP contribution < -0.4 is 15.1 Å². The van der Waals surface area contributed by atoms with Crippen LogP contribution >= 0.6 is 0 Å². The molecular formula is C25H25N3O5S. The molecule has 4 rings (SSSR count). The molecule has 0 atom stereocenters. The van der Waals surface area contributed by atoms with Crippen LogP contribution in [0.4, 0.5) is 5.69 Å². The molecule has 0 saturated carbocycles. The van der Waals surface area contributed by atoms with Crippen LogP contribution in [0, 0.1) is 0 Å². The number of H-pyrrole nitrogens is 1. The Bertz CT molecular complexity index is 1490. The summed E-state index contributed by atoms with van der Waals surface area (Å²) in [5, 5.41) is 2.73. The second kappa shape index (κ2) is 9.18. The number of nitrogens with zero attached hydrogens (tertiary/aromatic N) is 1. The fourth-order valence-corrected chi connectivity index (χ4v) is 4.79. The Morgan fingerprint density at radius 2 is 1.85 bits per heavy atom. The molecule has 8 nitrogen and oxygen atoms in total. The summed E-state index contributed by atoms with van der Waals surface area (Å²) in [4.78, 5) is 28.4. The Morgan fingerprint density at radius 1 is 1.12 bits per heavy atom. The maximum absolute atomic E-state index is 13.3. The van der Waals surface area contributed by atoms with Crippen molar-refractivity contribution in [1.82, 2.24) is 10.3 Å². The monoisotopic (exact) mass is 479 g/mol. The van der Waals surface area contributed by atoms with E-state index in [2.05, 4.69) is 24.1 Å². The van der Waals surface area contributed by atoms with Gasteiger partial charge in [-0.2, -0.15) is 0 Å². The molecule has 0 aliphatic carbocycles. The van der Waals surface area contributed by atoms with Crippen molar-refractivity contribution in [2.75, 3.05) is 11.4 Å². The second-order valence-electron chi connectivity index (χ2n) is 8.22. The summed E-state index contributed by atoms with van der Waals surface area (Å²) < 4.78 is 32.9. The Morgan fingerprint density at radius 3 is 2.50 bits per heavy atom. The molecule has 0 fully saturated rings. The fraction of sp³-hybridized carbons (Fsp3) is 0.200. The van der Waals surface area contributed by atoms with E-state index in [4.69, 9.17) is 4.42 Å². The van der Waals surface area contributed by atoms with E-state index in [1.54, 1.807) is 24.3 Å². The molecule has 0 saturated heterocycles. The molecule has 2 aromatic heterocycles. The molecule has 2 N–H and O–H groups in total. The molecule has 1 amide bonds. The second-order valence-corrected chi connectivity index (χ2v) is 10.2. The Balaban J connectivity index is 1.65. The smallest absolute Gasteiger partial charge is 0.264 e. The normalized spacial score (nSPS) is 11.6. The topological polar surface area (TPSA) is 112 Å². The van der Waals surface area contributed by atoms with Crippen molar-refractivity contribution in [2.45, 2.75) is 31.2 Å². The Hall–Kier alpha value is -3.85. The molecule has 9 heteroatoms. The number of hydrogen-bond donors (Lipinski definition) is 2. The number of pyridine rings is 1. The summed E-state index contributed by atoms with van der Waals surface area (Å²) >= 11 is 0. The number of rotatable bonds is 7. The molecule has 0 bridgehead atoms. The molecule has 176 valence electrons. The number of benzene rings is 2. The van der Waals surface area contributed by atoms with Crippen molar-refractivity contribution < 1.29 is 17.6 Å². The first-order valence-corrected chi connectivity index (χ1v) is 12.2. The SMILES string of the molecule is CC(C)c1ccc(N(C)S(=O)(=O)c2ccc3[nH]cc(C(=O)NCc4ccco4)c(=O)c3c2)cc1. The predicted octanol–water partition coefficient (Wildman–Crippen LogP) is 4.00. The highest BCUT2D eigenvalue weighted by atomic mass is 32.2. The first-order chi connectivity index (χ1) is 16.2. The van der Waals surface area contributed by atoms with Gasteiger partial charge in [0.15, 0.2) is 0 Å². The number of carbonyl (C=O) groups is 1. The van der Waals surface area contributed by atoms with Gasteiger partial charge in [0.25, 0.3) is 15.9 Å². The van der Waals surface area contributed by atoms with Gasteiger partial charge in [0, 0.05) is 24.1 Å². The minimum atomic E-state index is -3.94. The van der Waals surface area contributed by atoms with Crippen molar-refractivity contribution in [2.24, 2.45) is 0 Å². The number of amides is 1. The Labute approximate surface area is 197 Å². The van der Waals surface area contributed by atoms with E-state index < -0.39 is 21.4 Å². The van der Waals surface area contributed by atoms with Crippen LogP contribution in [-0.2, 0) is 16.6 Å². The van der Waals surface area contributed by atoms with E-state index in [0.717, 1.165) is 5.56 Å². The summed E-state index contributed by atoms with van der Waals surface area (Å²) in [6, 6.07) is 14.9. The van der Waals surface area contributed by atoms with Gasteiger partial charge in [-0.15, -0.1) is 0 Å². The van der Waals surface area contributed by atoms with Crippen LogP contribution in [0.15, 0.2) is 81.2 Å². The molecule has 4 aromatic rings. The summed E-state index contributed by atoms with van der Waals surface area (Å²) in [6.45, 7) is 4.25. The van der Waals surface area contributed by atoms with Gasteiger partial charge in [0.05, 0.1) is 23.4 Å². The Kier molecular flexibility index (Phi) is 6.30. The zero-order chi connectivity index (χ0) is 24.5. The molecule has 0 aliphatic rings. The van der Waals surface area contributed by atoms with Crippen LogP contribution in [0.5, 0.6) is 0 Å². The summed E-state index contributed by atoms with van der Waals surface area (Å²) in [7, 11) is -2.47. The molecule has 0 aliphatic heterocycles. The van der Waals surface area contributed by atoms with Gasteiger partial charge in [0.1, 0.15) is 11.3 Å². The van der Waals surface area contributed by atoms with E-state index in [-0.39, 0.29) is 22.4 Å². The first-order valence-electron chi connectivity index (χ1n) is 10.7. The highest BCUT2D eigenvalue weighted by Crippen LogP contribution is 2.25. The maximum atomic E-state index is 13.3. The van der Waals surface area contributed by atoms with E-state index in [1.165, 1.54) is 42.0 Å². The summed E-state index contributed by atoms with van der Waals surface area (Å²) in [5.41, 5.74) is 1.35. The van der Waals surface area contributed by atoms with Gasteiger partial charge < -0.3 is 14.7 Å². The van der Waals surface area contributed by atoms with Crippen molar-refractivity contribution in [1.29, 1.82) is 0 Å². The van der Waals surface area contributed by atoms with Crippen LogP contribution in [0.2, 0.25) is 0 Å². The largest absolute Gasteiger partial charge is 0.467 e. The van der Waals surface area contributed by atoms with E-state index in [1.807, 2.05) is 12.1 Å². The predicted molar refractivity (Wildman–Crippen MR) is 131 cm³/mol. The summed E-state index contributed by atoms with van der Waals surface area (Å²) in [5.74, 6) is 0.284. The van der Waals surface area contributed by atoms with Gasteiger partial charge in [0.2, 0.25) is 5.43 Å². The van der Waals surface area contributed by atoms with Crippen LogP contribution in [-0.4, -0.2) is 26.4 Å². The zero-order valence-corrected chi connectivity index (χ0v) is 19.8. The number of anilines is 1. The standard InChI is InChI=1S/C25H25N3O5S/c1-16(2)17-6-8-18(9-7-17)28(3)34(31,32)20-10-11-23-21(13-20)24(29)22(15-26-23)25(30)27-14-19-5-4-12-33-19/h4-13,15-16H,14H2,1-3H3,(H,26,29)(H,27,30). The third kappa shape index (κ3) is 4.47. The molecule has 34 heavy (non-hydrogen) atoms. The minimum Gasteiger partial charge on any atom is -0.467 e. The molecular weight excluding hydrogens is 454 g/mol. The van der Waals surface area contributed by atoms with Crippen molar-refractivity contribution in [3.05, 3.63) is 94.2 Å². The molecule has 0 radical (unpaired) electrons. The van der Waals surface area contributed by atoms with Crippen LogP contribution in [0.1, 0.15) is 41.4 Å². The minimum absolute atomic E-state index is 0.0471. The molecule has 0 unspecified atom stereocenters. The first kappa shape index (κ1) is 23.3. The molecule has 2 aromatic carbocycles. The van der Waals surface area contributed by atoms with Crippen molar-refractivity contribution in [3.63, 3.8) is 0 Å². The van der Waals surface area contributed by atoms with Gasteiger partial charge in [-0.3, -0.25) is 13.9 Å². The zero-order valence-electron chi connectivity index (χ0n) is 19.0. The highest BCUT2D eigenvalue weighted by molar-refractivity contribution is 7.92. The number of aromatic amines is 1. The average Bonchev–Trinajstić information content (AvgIpc) is 3.36. The lowest BCUT2D eigenvalue weighted by Crippen LogP contribution is -2.29. The third-order valence-electron chi connectivity index (χ3n) is 5.68. The number of nitrogens with one attached hydrogen (secondary N) is 2. The highest BCUT2D eigenvalue weighted by Gasteiger charge is 2.23. The third-order valence-corrected chi connectivity index (χ3v) is 7.46. The molecule has 0 spiro atoms. The van der Waals surface area contributed by atoms with Gasteiger partial charge in [-0.1, -0.05) is 26.0 Å².